The van der Waals surface area contributed by atoms with Gasteiger partial charge in [0.15, 0.2) is 0 Å². The van der Waals surface area contributed by atoms with Gasteiger partial charge in [0.05, 0.1) is 22.8 Å². The Morgan fingerprint density at radius 3 is 1.39 bits per heavy atom. The third-order valence-corrected chi connectivity index (χ3v) is 6.59. The Morgan fingerprint density at radius 1 is 0.474 bits per heavy atom. The summed E-state index contributed by atoms with van der Waals surface area (Å²) in [6.07, 6.45) is 9.03. The molecule has 0 aliphatic carbocycles. The number of hydrogen-bond donors (Lipinski definition) is 2. The summed E-state index contributed by atoms with van der Waals surface area (Å²) in [7, 11) is 0. The molecule has 3 aliphatic rings. The van der Waals surface area contributed by atoms with Gasteiger partial charge in [0.25, 0.3) is 0 Å². The molecule has 0 spiro atoms. The van der Waals surface area contributed by atoms with Gasteiger partial charge in [0.1, 0.15) is 11.5 Å². The van der Waals surface area contributed by atoms with E-state index in [9.17, 15) is 0 Å². The summed E-state index contributed by atoms with van der Waals surface area (Å²) in [5.41, 5.74) is 10.4. The molecule has 8 rings (SSSR count). The van der Waals surface area contributed by atoms with Crippen LogP contribution in [0.4, 0.5) is 0 Å². The van der Waals surface area contributed by atoms with Gasteiger partial charge < -0.3 is 14.7 Å². The first-order chi connectivity index (χ1) is 18.7. The summed E-state index contributed by atoms with van der Waals surface area (Å²) in [5, 5.41) is 0. The first-order valence-corrected chi connectivity index (χ1v) is 12.6. The maximum atomic E-state index is 5.78. The van der Waals surface area contributed by atoms with E-state index in [4.69, 9.17) is 4.74 Å². The molecule has 0 saturated heterocycles. The fourth-order valence-electron chi connectivity index (χ4n) is 4.77. The molecule has 5 nitrogen and oxygen atoms in total. The molecule has 2 N–H and O–H groups in total. The van der Waals surface area contributed by atoms with Crippen LogP contribution in [0.15, 0.2) is 97.1 Å². The zero-order chi connectivity index (χ0) is 25.3. The fraction of sp³-hybridized carbons (Fsp3) is 0.0303. The van der Waals surface area contributed by atoms with Crippen LogP contribution in [0.5, 0.6) is 11.5 Å². The van der Waals surface area contributed by atoms with Gasteiger partial charge >= 0.3 is 0 Å². The molecule has 5 heteroatoms. The number of rotatable bonds is 0. The zero-order valence-electron chi connectivity index (χ0n) is 20.6. The third-order valence-electron chi connectivity index (χ3n) is 6.59. The Labute approximate surface area is 219 Å². The maximum Gasteiger partial charge on any atom is 0.130 e. The number of aromatic nitrogens is 4. The molecule has 0 unspecified atom stereocenters. The highest BCUT2D eigenvalue weighted by Crippen LogP contribution is 2.35. The number of fused-ring (bicyclic) bond motifs is 10. The van der Waals surface area contributed by atoms with Crippen molar-refractivity contribution in [1.82, 2.24) is 19.9 Å². The van der Waals surface area contributed by atoms with E-state index in [0.717, 1.165) is 62.8 Å². The standard InChI is InChI=1S/C20H14N4.C13H10O/c1-2-14-10-16-5-6-18(23-16)12-20-8-7-19(24-20)11-17-4-3-15(22-17)9-13(1)21-14;1-3-7-12-10(5-1)9-11-6-2-4-8-13(11)14-12/h1-12,21-22H;1-8H,9H2. The number of hydrogen-bond acceptors (Lipinski definition) is 3. The molecule has 8 bridgehead atoms. The highest BCUT2D eigenvalue weighted by atomic mass is 16.5. The largest absolute Gasteiger partial charge is 0.457 e. The summed E-state index contributed by atoms with van der Waals surface area (Å²) in [4.78, 5) is 16.0. The minimum Gasteiger partial charge on any atom is -0.457 e. The van der Waals surface area contributed by atoms with Crippen LogP contribution in [-0.2, 0) is 6.42 Å². The second-order valence-electron chi connectivity index (χ2n) is 9.40. The highest BCUT2D eigenvalue weighted by molar-refractivity contribution is 5.77. The summed E-state index contributed by atoms with van der Waals surface area (Å²) < 4.78 is 5.78. The van der Waals surface area contributed by atoms with Gasteiger partial charge in [-0.3, -0.25) is 0 Å². The minimum atomic E-state index is 0.915. The van der Waals surface area contributed by atoms with Crippen LogP contribution in [-0.4, -0.2) is 19.9 Å². The number of benzene rings is 2. The molecule has 38 heavy (non-hydrogen) atoms. The molecule has 0 atom stereocenters. The summed E-state index contributed by atoms with van der Waals surface area (Å²) >= 11 is 0. The second-order valence-corrected chi connectivity index (χ2v) is 9.40. The number of aromatic amines is 2. The van der Waals surface area contributed by atoms with E-state index in [1.165, 1.54) is 11.1 Å². The first-order valence-electron chi connectivity index (χ1n) is 12.6. The van der Waals surface area contributed by atoms with E-state index in [2.05, 4.69) is 74.5 Å². The molecule has 0 amide bonds. The normalized spacial score (nSPS) is 12.6. The van der Waals surface area contributed by atoms with Gasteiger partial charge in [-0.25, -0.2) is 9.97 Å². The van der Waals surface area contributed by atoms with Crippen LogP contribution in [0.1, 0.15) is 33.9 Å². The van der Waals surface area contributed by atoms with Gasteiger partial charge in [-0.15, -0.1) is 0 Å². The SMILES string of the molecule is C1=Cc2cc3ccc(cc4ccc(cc5nc(cc1n2)C=C5)[nH]4)[nH]3.c1ccc2c(c1)Cc1ccccc1O2. The molecule has 3 aliphatic heterocycles. The van der Waals surface area contributed by atoms with E-state index in [1.54, 1.807) is 0 Å². The Morgan fingerprint density at radius 2 is 0.895 bits per heavy atom. The average molecular weight is 493 g/mol. The topological polar surface area (TPSA) is 66.6 Å². The minimum absolute atomic E-state index is 0.915. The van der Waals surface area contributed by atoms with Crippen molar-refractivity contribution in [1.29, 1.82) is 0 Å². The Balaban J connectivity index is 0.000000147. The fourth-order valence-corrected chi connectivity index (χ4v) is 4.77. The van der Waals surface area contributed by atoms with E-state index in [1.807, 2.05) is 66.8 Å². The van der Waals surface area contributed by atoms with Crippen molar-refractivity contribution in [2.75, 3.05) is 0 Å². The van der Waals surface area contributed by atoms with Crippen molar-refractivity contribution in [2.24, 2.45) is 0 Å². The van der Waals surface area contributed by atoms with Gasteiger partial charge in [-0.2, -0.15) is 0 Å². The van der Waals surface area contributed by atoms with Gasteiger partial charge in [0.2, 0.25) is 0 Å². The maximum absolute atomic E-state index is 5.78. The van der Waals surface area contributed by atoms with Crippen molar-refractivity contribution in [3.8, 4) is 11.5 Å². The van der Waals surface area contributed by atoms with Gasteiger partial charge in [0, 0.05) is 28.5 Å². The van der Waals surface area contributed by atoms with Crippen molar-refractivity contribution in [3.05, 3.63) is 131 Å². The molecular weight excluding hydrogens is 468 g/mol. The smallest absolute Gasteiger partial charge is 0.130 e. The molecule has 0 saturated carbocycles. The second kappa shape index (κ2) is 9.37. The quantitative estimate of drug-likeness (QED) is 0.225. The van der Waals surface area contributed by atoms with Gasteiger partial charge in [-0.05, 0) is 96.1 Å². The lowest BCUT2D eigenvalue weighted by atomic mass is 10.0. The lowest BCUT2D eigenvalue weighted by Crippen LogP contribution is -2.01. The van der Waals surface area contributed by atoms with Crippen molar-refractivity contribution < 1.29 is 4.74 Å². The summed E-state index contributed by atoms with van der Waals surface area (Å²) in [6.45, 7) is 0. The highest BCUT2D eigenvalue weighted by Gasteiger charge is 2.14. The molecule has 0 fully saturated rings. The van der Waals surface area contributed by atoms with Crippen LogP contribution in [0, 0.1) is 0 Å². The predicted molar refractivity (Wildman–Crippen MR) is 155 cm³/mol. The first kappa shape index (κ1) is 22.1. The average Bonchev–Trinajstić information content (AvgIpc) is 3.74. The molecule has 3 aromatic heterocycles. The zero-order valence-corrected chi connectivity index (χ0v) is 20.6. The molecule has 2 aromatic carbocycles. The molecule has 182 valence electrons. The Kier molecular flexibility index (Phi) is 5.44. The number of para-hydroxylation sites is 2. The van der Waals surface area contributed by atoms with Crippen LogP contribution in [0.2, 0.25) is 0 Å². The number of nitrogens with zero attached hydrogens (tertiary/aromatic N) is 2. The third kappa shape index (κ3) is 4.65. The summed E-state index contributed by atoms with van der Waals surface area (Å²) in [5.74, 6) is 1.98. The van der Waals surface area contributed by atoms with Crippen LogP contribution in [0.25, 0.3) is 46.4 Å². The van der Waals surface area contributed by atoms with E-state index < -0.39 is 0 Å². The molecular formula is C33H24N4O. The van der Waals surface area contributed by atoms with Crippen molar-refractivity contribution in [3.63, 3.8) is 0 Å². The number of ether oxygens (including phenoxy) is 1. The number of H-pyrrole nitrogens is 2. The van der Waals surface area contributed by atoms with Crippen LogP contribution >= 0.6 is 0 Å². The lowest BCUT2D eigenvalue weighted by molar-refractivity contribution is 0.460. The van der Waals surface area contributed by atoms with Gasteiger partial charge in [-0.1, -0.05) is 36.4 Å². The van der Waals surface area contributed by atoms with Crippen molar-refractivity contribution >= 4 is 46.4 Å². The Hall–Kier alpha value is -5.16. The lowest BCUT2D eigenvalue weighted by Gasteiger charge is -2.19. The van der Waals surface area contributed by atoms with Crippen molar-refractivity contribution in [2.45, 2.75) is 6.42 Å². The molecule has 0 radical (unpaired) electrons. The summed E-state index contributed by atoms with van der Waals surface area (Å²) in [6, 6.07) is 32.8. The van der Waals surface area contributed by atoms with E-state index in [0.29, 0.717) is 0 Å². The Bertz CT molecular complexity index is 1710. The van der Waals surface area contributed by atoms with E-state index in [-0.39, 0.29) is 0 Å². The predicted octanol–water partition coefficient (Wildman–Crippen LogP) is 8.04. The monoisotopic (exact) mass is 492 g/mol. The molecule has 5 aromatic rings. The molecule has 6 heterocycles. The van der Waals surface area contributed by atoms with Crippen LogP contribution in [0.3, 0.4) is 0 Å². The van der Waals surface area contributed by atoms with E-state index >= 15 is 0 Å². The van der Waals surface area contributed by atoms with Crippen LogP contribution < -0.4 is 4.74 Å². The number of nitrogens with one attached hydrogen (secondary N) is 2.